The summed E-state index contributed by atoms with van der Waals surface area (Å²) in [4.78, 5) is 15.8. The summed E-state index contributed by atoms with van der Waals surface area (Å²) in [6.45, 7) is 8.96. The molecule has 0 aromatic heterocycles. The minimum atomic E-state index is -0.373. The topological polar surface area (TPSA) is 77.4 Å². The van der Waals surface area contributed by atoms with Crippen molar-refractivity contribution in [3.8, 4) is 17.2 Å². The highest BCUT2D eigenvalue weighted by atomic mass is 16.5. The zero-order valence-corrected chi connectivity index (χ0v) is 23.3. The molecular weight excluding hydrogens is 478 g/mol. The number of phenolic OH excluding ortho intramolecular Hbond substituents is 1. The van der Waals surface area contributed by atoms with Crippen LogP contribution in [-0.4, -0.2) is 37.1 Å². The van der Waals surface area contributed by atoms with Crippen molar-refractivity contribution in [3.63, 3.8) is 0 Å². The van der Waals surface area contributed by atoms with Crippen LogP contribution in [0, 0.1) is 0 Å². The molecule has 2 aromatic rings. The van der Waals surface area contributed by atoms with Gasteiger partial charge in [-0.2, -0.15) is 0 Å². The Kier molecular flexibility index (Phi) is 15.4. The van der Waals surface area contributed by atoms with Gasteiger partial charge in [-0.05, 0) is 62.6 Å². The molecule has 0 amide bonds. The van der Waals surface area contributed by atoms with Crippen LogP contribution in [0.25, 0.3) is 0 Å². The highest BCUT2D eigenvalue weighted by Crippen LogP contribution is 2.24. The van der Waals surface area contributed by atoms with Gasteiger partial charge in [-0.1, -0.05) is 64.9 Å². The van der Waals surface area contributed by atoms with Crippen molar-refractivity contribution in [2.75, 3.05) is 19.8 Å². The van der Waals surface area contributed by atoms with Crippen molar-refractivity contribution in [2.45, 2.75) is 84.5 Å². The Bertz CT molecular complexity index is 984. The van der Waals surface area contributed by atoms with Crippen LogP contribution < -0.4 is 9.47 Å². The van der Waals surface area contributed by atoms with Crippen LogP contribution in [0.5, 0.6) is 17.2 Å². The predicted molar refractivity (Wildman–Crippen MR) is 155 cm³/mol. The number of benzene rings is 2. The maximum atomic E-state index is 11.3. The summed E-state index contributed by atoms with van der Waals surface area (Å²) in [5.41, 5.74) is 1.79. The van der Waals surface area contributed by atoms with Gasteiger partial charge in [0.2, 0.25) is 0 Å². The standard InChI is InChI=1S/C32H45NO5/c1-4-5-6-7-8-9-10-11-12-21-36-29-19-16-28(17-20-29)33-25-27-15-18-30(24-31(27)34)37-22-13-14-23-38-32(35)26(2)3/h15-20,24-25,34H,2,4-14,21-23H2,1,3H3. The Hall–Kier alpha value is -3.28. The van der Waals surface area contributed by atoms with E-state index in [2.05, 4.69) is 18.5 Å². The van der Waals surface area contributed by atoms with E-state index in [1.165, 1.54) is 51.4 Å². The second-order valence-corrected chi connectivity index (χ2v) is 9.62. The van der Waals surface area contributed by atoms with Gasteiger partial charge in [-0.15, -0.1) is 0 Å². The van der Waals surface area contributed by atoms with Crippen molar-refractivity contribution in [3.05, 3.63) is 60.2 Å². The Labute approximate surface area is 228 Å². The van der Waals surface area contributed by atoms with Crippen molar-refractivity contribution in [2.24, 2.45) is 4.99 Å². The van der Waals surface area contributed by atoms with E-state index in [1.54, 1.807) is 31.3 Å². The Morgan fingerprint density at radius 3 is 2.00 bits per heavy atom. The zero-order chi connectivity index (χ0) is 27.4. The fraction of sp³-hybridized carbons (Fsp3) is 0.500. The molecule has 2 rings (SSSR count). The van der Waals surface area contributed by atoms with Crippen molar-refractivity contribution < 1.29 is 24.1 Å². The van der Waals surface area contributed by atoms with Crippen LogP contribution in [0.3, 0.4) is 0 Å². The molecule has 1 N–H and O–H groups in total. The molecule has 0 unspecified atom stereocenters. The molecule has 6 nitrogen and oxygen atoms in total. The second-order valence-electron chi connectivity index (χ2n) is 9.62. The number of nitrogens with zero attached hydrogens (tertiary/aromatic N) is 1. The summed E-state index contributed by atoms with van der Waals surface area (Å²) < 4.78 is 16.6. The quantitative estimate of drug-likeness (QED) is 0.0817. The summed E-state index contributed by atoms with van der Waals surface area (Å²) >= 11 is 0. The van der Waals surface area contributed by atoms with Gasteiger partial charge in [0.25, 0.3) is 0 Å². The third kappa shape index (κ3) is 13.3. The summed E-state index contributed by atoms with van der Waals surface area (Å²) in [6, 6.07) is 12.8. The largest absolute Gasteiger partial charge is 0.507 e. The maximum Gasteiger partial charge on any atom is 0.333 e. The molecule has 0 saturated heterocycles. The van der Waals surface area contributed by atoms with Gasteiger partial charge in [0, 0.05) is 23.4 Å². The number of phenols is 1. The first-order chi connectivity index (χ1) is 18.5. The lowest BCUT2D eigenvalue weighted by molar-refractivity contribution is -0.139. The number of hydrogen-bond acceptors (Lipinski definition) is 6. The van der Waals surface area contributed by atoms with Gasteiger partial charge in [0.15, 0.2) is 0 Å². The smallest absolute Gasteiger partial charge is 0.333 e. The zero-order valence-electron chi connectivity index (χ0n) is 23.3. The SMILES string of the molecule is C=C(C)C(=O)OCCCCOc1ccc(C=Nc2ccc(OCCCCCCCCCCC)cc2)c(O)c1. The monoisotopic (exact) mass is 523 g/mol. The molecule has 0 bridgehead atoms. The molecule has 0 saturated carbocycles. The van der Waals surface area contributed by atoms with E-state index in [1.807, 2.05) is 24.3 Å². The molecule has 6 heteroatoms. The van der Waals surface area contributed by atoms with Crippen molar-refractivity contribution in [1.82, 2.24) is 0 Å². The number of esters is 1. The third-order valence-corrected chi connectivity index (χ3v) is 6.10. The fourth-order valence-electron chi connectivity index (χ4n) is 3.78. The first kappa shape index (κ1) is 30.9. The number of ether oxygens (including phenoxy) is 3. The van der Waals surface area contributed by atoms with Crippen LogP contribution in [0.4, 0.5) is 5.69 Å². The van der Waals surface area contributed by atoms with E-state index in [0.29, 0.717) is 36.5 Å². The highest BCUT2D eigenvalue weighted by Gasteiger charge is 2.04. The number of carbonyl (C=O) groups excluding carboxylic acids is 1. The molecular formula is C32H45NO5. The number of aliphatic imine (C=N–C) groups is 1. The van der Waals surface area contributed by atoms with Gasteiger partial charge in [-0.3, -0.25) is 4.99 Å². The summed E-state index contributed by atoms with van der Waals surface area (Å²) in [6.07, 6.45) is 14.8. The maximum absolute atomic E-state index is 11.3. The van der Waals surface area contributed by atoms with Gasteiger partial charge in [0.05, 0.1) is 25.5 Å². The van der Waals surface area contributed by atoms with Crippen molar-refractivity contribution in [1.29, 1.82) is 0 Å². The van der Waals surface area contributed by atoms with E-state index in [9.17, 15) is 9.90 Å². The van der Waals surface area contributed by atoms with Gasteiger partial charge < -0.3 is 19.3 Å². The molecule has 0 fully saturated rings. The van der Waals surface area contributed by atoms with Crippen LogP contribution in [-0.2, 0) is 9.53 Å². The van der Waals surface area contributed by atoms with Crippen LogP contribution in [0.1, 0.15) is 90.0 Å². The normalized spacial score (nSPS) is 11.0. The second kappa shape index (κ2) is 18.9. The van der Waals surface area contributed by atoms with Gasteiger partial charge >= 0.3 is 5.97 Å². The van der Waals surface area contributed by atoms with Crippen LogP contribution in [0.15, 0.2) is 59.6 Å². The number of aromatic hydroxyl groups is 1. The molecule has 0 aliphatic carbocycles. The Morgan fingerprint density at radius 1 is 0.816 bits per heavy atom. The molecule has 0 heterocycles. The minimum Gasteiger partial charge on any atom is -0.507 e. The molecule has 38 heavy (non-hydrogen) atoms. The number of unbranched alkanes of at least 4 members (excludes halogenated alkanes) is 9. The Morgan fingerprint density at radius 2 is 1.37 bits per heavy atom. The van der Waals surface area contributed by atoms with Crippen molar-refractivity contribution >= 4 is 17.9 Å². The molecule has 0 spiro atoms. The summed E-state index contributed by atoms with van der Waals surface area (Å²) in [5.74, 6) is 1.15. The molecule has 0 aliphatic heterocycles. The lowest BCUT2D eigenvalue weighted by atomic mass is 10.1. The minimum absolute atomic E-state index is 0.0996. The van der Waals surface area contributed by atoms with E-state index >= 15 is 0 Å². The summed E-state index contributed by atoms with van der Waals surface area (Å²) in [5, 5.41) is 10.3. The van der Waals surface area contributed by atoms with Crippen LogP contribution in [0.2, 0.25) is 0 Å². The third-order valence-electron chi connectivity index (χ3n) is 6.10. The van der Waals surface area contributed by atoms with Gasteiger partial charge in [-0.25, -0.2) is 4.79 Å². The number of carbonyl (C=O) groups is 1. The molecule has 2 aromatic carbocycles. The summed E-state index contributed by atoms with van der Waals surface area (Å²) in [7, 11) is 0. The van der Waals surface area contributed by atoms with E-state index in [-0.39, 0.29) is 11.7 Å². The molecule has 208 valence electrons. The number of hydrogen-bond donors (Lipinski definition) is 1. The average molecular weight is 524 g/mol. The predicted octanol–water partition coefficient (Wildman–Crippen LogP) is 8.33. The first-order valence-corrected chi connectivity index (χ1v) is 14.0. The lowest BCUT2D eigenvalue weighted by Crippen LogP contribution is -2.07. The van der Waals surface area contributed by atoms with E-state index in [4.69, 9.17) is 14.2 Å². The lowest BCUT2D eigenvalue weighted by Gasteiger charge is -2.08. The average Bonchev–Trinajstić information content (AvgIpc) is 2.91. The Balaban J connectivity index is 1.64. The molecule has 0 atom stereocenters. The van der Waals surface area contributed by atoms with Gasteiger partial charge in [0.1, 0.15) is 17.2 Å². The highest BCUT2D eigenvalue weighted by molar-refractivity contribution is 5.87. The van der Waals surface area contributed by atoms with E-state index < -0.39 is 0 Å². The first-order valence-electron chi connectivity index (χ1n) is 14.0. The van der Waals surface area contributed by atoms with Crippen LogP contribution >= 0.6 is 0 Å². The number of rotatable bonds is 20. The molecule has 0 radical (unpaired) electrons. The molecule has 0 aliphatic rings. The van der Waals surface area contributed by atoms with E-state index in [0.717, 1.165) is 30.9 Å². The fourth-order valence-corrected chi connectivity index (χ4v) is 3.78.